The molecule has 116 valence electrons. The standard InChI is InChI=1S/C13H24N2O5/c1-12(2,3)20-9(16)7-8(10(17)18)15-11(19)13(4,5)14-6/h8,14H,7H2,1-6H3,(H,15,19)(H,17,18)/t8-/m0/s1. The molecule has 0 saturated carbocycles. The Labute approximate surface area is 119 Å². The van der Waals surface area contributed by atoms with E-state index in [1.165, 1.54) is 0 Å². The van der Waals surface area contributed by atoms with Crippen LogP contribution in [0.1, 0.15) is 41.0 Å². The molecule has 0 aliphatic rings. The van der Waals surface area contributed by atoms with E-state index in [9.17, 15) is 14.4 Å². The first-order chi connectivity index (χ1) is 8.89. The molecule has 3 N–H and O–H groups in total. The molecule has 7 nitrogen and oxygen atoms in total. The maximum absolute atomic E-state index is 11.9. The minimum absolute atomic E-state index is 0.419. The Morgan fingerprint density at radius 1 is 1.15 bits per heavy atom. The fourth-order valence-electron chi connectivity index (χ4n) is 1.20. The van der Waals surface area contributed by atoms with Gasteiger partial charge in [0.25, 0.3) is 0 Å². The zero-order chi connectivity index (χ0) is 16.1. The maximum Gasteiger partial charge on any atom is 0.326 e. The van der Waals surface area contributed by atoms with Crippen LogP contribution in [0.15, 0.2) is 0 Å². The smallest absolute Gasteiger partial charge is 0.326 e. The molecular formula is C13H24N2O5. The van der Waals surface area contributed by atoms with E-state index in [0.717, 1.165) is 0 Å². The number of carboxylic acid groups (broad SMARTS) is 1. The monoisotopic (exact) mass is 288 g/mol. The number of ether oxygens (including phenoxy) is 1. The van der Waals surface area contributed by atoms with Crippen LogP contribution in [0.2, 0.25) is 0 Å². The highest BCUT2D eigenvalue weighted by molar-refractivity contribution is 5.91. The summed E-state index contributed by atoms with van der Waals surface area (Å²) >= 11 is 0. The maximum atomic E-state index is 11.9. The van der Waals surface area contributed by atoms with E-state index < -0.39 is 41.4 Å². The number of hydrogen-bond acceptors (Lipinski definition) is 5. The third-order valence-corrected chi connectivity index (χ3v) is 2.59. The average Bonchev–Trinajstić information content (AvgIpc) is 2.25. The summed E-state index contributed by atoms with van der Waals surface area (Å²) in [6.45, 7) is 8.26. The molecular weight excluding hydrogens is 264 g/mol. The highest BCUT2D eigenvalue weighted by Crippen LogP contribution is 2.10. The van der Waals surface area contributed by atoms with Gasteiger partial charge in [-0.15, -0.1) is 0 Å². The number of aliphatic carboxylic acids is 1. The van der Waals surface area contributed by atoms with E-state index in [1.54, 1.807) is 41.7 Å². The van der Waals surface area contributed by atoms with Gasteiger partial charge in [-0.1, -0.05) is 0 Å². The Balaban J connectivity index is 4.73. The Morgan fingerprint density at radius 3 is 2.00 bits per heavy atom. The second kappa shape index (κ2) is 6.69. The minimum Gasteiger partial charge on any atom is -0.480 e. The number of carbonyl (C=O) groups excluding carboxylic acids is 2. The lowest BCUT2D eigenvalue weighted by molar-refractivity contribution is -0.158. The summed E-state index contributed by atoms with van der Waals surface area (Å²) in [4.78, 5) is 34.6. The van der Waals surface area contributed by atoms with Crippen molar-refractivity contribution in [1.29, 1.82) is 0 Å². The zero-order valence-corrected chi connectivity index (χ0v) is 12.9. The van der Waals surface area contributed by atoms with Gasteiger partial charge in [0.2, 0.25) is 5.91 Å². The molecule has 0 bridgehead atoms. The lowest BCUT2D eigenvalue weighted by Crippen LogP contribution is -2.55. The van der Waals surface area contributed by atoms with Crippen LogP contribution in [-0.2, 0) is 19.1 Å². The number of esters is 1. The van der Waals surface area contributed by atoms with Gasteiger partial charge < -0.3 is 20.5 Å². The third kappa shape index (κ3) is 6.51. The van der Waals surface area contributed by atoms with Crippen molar-refractivity contribution < 1.29 is 24.2 Å². The van der Waals surface area contributed by atoms with E-state index in [4.69, 9.17) is 9.84 Å². The highest BCUT2D eigenvalue weighted by atomic mass is 16.6. The molecule has 20 heavy (non-hydrogen) atoms. The average molecular weight is 288 g/mol. The number of carbonyl (C=O) groups is 3. The molecule has 0 radical (unpaired) electrons. The van der Waals surface area contributed by atoms with Crippen LogP contribution in [0.3, 0.4) is 0 Å². The number of amides is 1. The summed E-state index contributed by atoms with van der Waals surface area (Å²) in [6, 6.07) is -1.31. The highest BCUT2D eigenvalue weighted by Gasteiger charge is 2.32. The van der Waals surface area contributed by atoms with Crippen molar-refractivity contribution in [2.75, 3.05) is 7.05 Å². The summed E-state index contributed by atoms with van der Waals surface area (Å²) in [5, 5.41) is 14.1. The lowest BCUT2D eigenvalue weighted by Gasteiger charge is -2.26. The zero-order valence-electron chi connectivity index (χ0n) is 12.9. The van der Waals surface area contributed by atoms with Crippen LogP contribution < -0.4 is 10.6 Å². The van der Waals surface area contributed by atoms with Crippen LogP contribution in [0, 0.1) is 0 Å². The molecule has 0 unspecified atom stereocenters. The van der Waals surface area contributed by atoms with Gasteiger partial charge in [-0.3, -0.25) is 9.59 Å². The van der Waals surface area contributed by atoms with E-state index >= 15 is 0 Å². The molecule has 0 rings (SSSR count). The number of nitrogens with one attached hydrogen (secondary N) is 2. The SMILES string of the molecule is CNC(C)(C)C(=O)N[C@@H](CC(=O)OC(C)(C)C)C(=O)O. The summed E-state index contributed by atoms with van der Waals surface area (Å²) in [7, 11) is 1.59. The minimum atomic E-state index is -1.31. The first-order valence-corrected chi connectivity index (χ1v) is 6.33. The van der Waals surface area contributed by atoms with Gasteiger partial charge in [0.1, 0.15) is 11.6 Å². The predicted molar refractivity (Wildman–Crippen MR) is 73.2 cm³/mol. The molecule has 0 fully saturated rings. The van der Waals surface area contributed by atoms with Crippen molar-refractivity contribution >= 4 is 17.8 Å². The number of hydrogen-bond donors (Lipinski definition) is 3. The van der Waals surface area contributed by atoms with Crippen molar-refractivity contribution in [2.24, 2.45) is 0 Å². The Bertz CT molecular complexity index is 385. The molecule has 0 aromatic heterocycles. The van der Waals surface area contributed by atoms with E-state index in [2.05, 4.69) is 10.6 Å². The van der Waals surface area contributed by atoms with Crippen LogP contribution in [-0.4, -0.2) is 47.2 Å². The summed E-state index contributed by atoms with van der Waals surface area (Å²) in [6.07, 6.45) is -0.419. The van der Waals surface area contributed by atoms with Crippen LogP contribution in [0.4, 0.5) is 0 Å². The van der Waals surface area contributed by atoms with Crippen molar-refractivity contribution in [3.8, 4) is 0 Å². The van der Waals surface area contributed by atoms with Gasteiger partial charge in [0, 0.05) is 0 Å². The molecule has 0 aromatic rings. The largest absolute Gasteiger partial charge is 0.480 e. The molecule has 0 aliphatic carbocycles. The van der Waals surface area contributed by atoms with Crippen molar-refractivity contribution in [1.82, 2.24) is 10.6 Å². The van der Waals surface area contributed by atoms with E-state index in [1.807, 2.05) is 0 Å². The summed E-state index contributed by atoms with van der Waals surface area (Å²) < 4.78 is 5.04. The Morgan fingerprint density at radius 2 is 1.65 bits per heavy atom. The fraction of sp³-hybridized carbons (Fsp3) is 0.769. The normalized spacial score (nSPS) is 13.5. The Kier molecular flexibility index (Phi) is 6.15. The van der Waals surface area contributed by atoms with Gasteiger partial charge in [-0.05, 0) is 41.7 Å². The fourth-order valence-corrected chi connectivity index (χ4v) is 1.20. The number of carboxylic acids is 1. The number of rotatable bonds is 6. The molecule has 0 spiro atoms. The summed E-state index contributed by atoms with van der Waals surface area (Å²) in [5.74, 6) is -2.46. The van der Waals surface area contributed by atoms with Gasteiger partial charge >= 0.3 is 11.9 Å². The predicted octanol–water partition coefficient (Wildman–Crippen LogP) is 0.286. The molecule has 0 aromatic carbocycles. The van der Waals surface area contributed by atoms with Gasteiger partial charge in [0.15, 0.2) is 0 Å². The second-order valence-corrected chi connectivity index (χ2v) is 6.03. The van der Waals surface area contributed by atoms with Crippen molar-refractivity contribution in [2.45, 2.75) is 58.2 Å². The summed E-state index contributed by atoms with van der Waals surface area (Å²) in [5.41, 5.74) is -1.63. The number of likely N-dealkylation sites (N-methyl/N-ethyl adjacent to an activating group) is 1. The molecule has 0 heterocycles. The molecule has 1 amide bonds. The molecule has 0 aliphatic heterocycles. The second-order valence-electron chi connectivity index (χ2n) is 6.03. The molecule has 0 saturated heterocycles. The topological polar surface area (TPSA) is 105 Å². The lowest BCUT2D eigenvalue weighted by atomic mass is 10.0. The molecule has 7 heteroatoms. The van der Waals surface area contributed by atoms with Crippen LogP contribution >= 0.6 is 0 Å². The quantitative estimate of drug-likeness (QED) is 0.607. The first-order valence-electron chi connectivity index (χ1n) is 6.33. The van der Waals surface area contributed by atoms with Gasteiger partial charge in [-0.25, -0.2) is 4.79 Å². The van der Waals surface area contributed by atoms with E-state index in [0.29, 0.717) is 0 Å². The van der Waals surface area contributed by atoms with Gasteiger partial charge in [-0.2, -0.15) is 0 Å². The van der Waals surface area contributed by atoms with Crippen molar-refractivity contribution in [3.63, 3.8) is 0 Å². The van der Waals surface area contributed by atoms with Gasteiger partial charge in [0.05, 0.1) is 12.0 Å². The first kappa shape index (κ1) is 18.4. The Hall–Kier alpha value is -1.63. The van der Waals surface area contributed by atoms with Crippen LogP contribution in [0.5, 0.6) is 0 Å². The van der Waals surface area contributed by atoms with Crippen LogP contribution in [0.25, 0.3) is 0 Å². The van der Waals surface area contributed by atoms with Crippen molar-refractivity contribution in [3.05, 3.63) is 0 Å². The molecule has 1 atom stereocenters. The van der Waals surface area contributed by atoms with E-state index in [-0.39, 0.29) is 0 Å². The third-order valence-electron chi connectivity index (χ3n) is 2.59.